The molecular formula is C24H26N4O3. The Balaban J connectivity index is 1.32. The summed E-state index contributed by atoms with van der Waals surface area (Å²) in [6.45, 7) is 1.23. The Morgan fingerprint density at radius 1 is 1.26 bits per heavy atom. The monoisotopic (exact) mass is 418 g/mol. The van der Waals surface area contributed by atoms with Crippen LogP contribution in [0.2, 0.25) is 0 Å². The Kier molecular flexibility index (Phi) is 6.19. The van der Waals surface area contributed by atoms with Gasteiger partial charge in [-0.1, -0.05) is 18.1 Å². The summed E-state index contributed by atoms with van der Waals surface area (Å²) in [6, 6.07) is 9.15. The van der Waals surface area contributed by atoms with Crippen molar-refractivity contribution in [2.75, 3.05) is 11.9 Å². The third kappa shape index (κ3) is 4.54. The maximum absolute atomic E-state index is 12.9. The molecule has 1 saturated heterocycles. The Morgan fingerprint density at radius 3 is 2.87 bits per heavy atom. The zero-order valence-electron chi connectivity index (χ0n) is 17.3. The highest BCUT2D eigenvalue weighted by molar-refractivity contribution is 6.00. The van der Waals surface area contributed by atoms with Crippen LogP contribution in [0, 0.1) is 12.3 Å². The second-order valence-electron chi connectivity index (χ2n) is 7.96. The number of rotatable bonds is 7. The average molecular weight is 418 g/mol. The van der Waals surface area contributed by atoms with Crippen LogP contribution in [0.15, 0.2) is 36.5 Å². The van der Waals surface area contributed by atoms with Gasteiger partial charge in [-0.15, -0.1) is 6.42 Å². The van der Waals surface area contributed by atoms with Gasteiger partial charge in [0.05, 0.1) is 6.04 Å². The van der Waals surface area contributed by atoms with Crippen molar-refractivity contribution in [3.05, 3.63) is 58.9 Å². The molecule has 31 heavy (non-hydrogen) atoms. The van der Waals surface area contributed by atoms with Crippen LogP contribution in [-0.4, -0.2) is 45.6 Å². The summed E-state index contributed by atoms with van der Waals surface area (Å²) in [5.41, 5.74) is 4.37. The topological polar surface area (TPSA) is 94.6 Å². The van der Waals surface area contributed by atoms with E-state index in [1.54, 1.807) is 4.90 Å². The number of benzene rings is 1. The number of aliphatic hydroxyl groups excluding tert-OH is 1. The first kappa shape index (κ1) is 20.9. The molecule has 7 nitrogen and oxygen atoms in total. The second-order valence-corrected chi connectivity index (χ2v) is 7.96. The number of hydrogen-bond donors (Lipinski definition) is 3. The van der Waals surface area contributed by atoms with Crippen LogP contribution in [0.25, 0.3) is 0 Å². The van der Waals surface area contributed by atoms with Crippen LogP contribution in [0.1, 0.15) is 52.9 Å². The van der Waals surface area contributed by atoms with Crippen molar-refractivity contribution < 1.29 is 14.7 Å². The van der Waals surface area contributed by atoms with Gasteiger partial charge in [-0.05, 0) is 49.4 Å². The number of anilines is 1. The number of aryl methyl sites for hydroxylation is 1. The first-order valence-corrected chi connectivity index (χ1v) is 10.6. The molecular weight excluding hydrogens is 392 g/mol. The van der Waals surface area contributed by atoms with E-state index in [0.29, 0.717) is 30.6 Å². The predicted octanol–water partition coefficient (Wildman–Crippen LogP) is 2.05. The summed E-state index contributed by atoms with van der Waals surface area (Å²) in [4.78, 5) is 30.3. The maximum atomic E-state index is 12.9. The Labute approximate surface area is 181 Å². The highest BCUT2D eigenvalue weighted by Gasteiger charge is 2.39. The fourth-order valence-electron chi connectivity index (χ4n) is 4.22. The first-order chi connectivity index (χ1) is 15.1. The minimum Gasteiger partial charge on any atom is -0.385 e. The summed E-state index contributed by atoms with van der Waals surface area (Å²) in [7, 11) is 0. The van der Waals surface area contributed by atoms with Gasteiger partial charge in [0, 0.05) is 42.5 Å². The van der Waals surface area contributed by atoms with Crippen molar-refractivity contribution in [2.24, 2.45) is 0 Å². The average Bonchev–Trinajstić information content (AvgIpc) is 3.11. The number of pyridine rings is 1. The molecule has 0 radical (unpaired) electrons. The fraction of sp³-hybridized carbons (Fsp3) is 0.375. The number of unbranched alkanes of at least 4 members (excludes halogenated alkanes) is 1. The number of carbonyl (C=O) groups is 2. The van der Waals surface area contributed by atoms with Crippen LogP contribution >= 0.6 is 0 Å². The number of terminal acetylenes is 1. The van der Waals surface area contributed by atoms with E-state index < -0.39 is 12.3 Å². The smallest absolute Gasteiger partial charge is 0.254 e. The number of nitrogens with one attached hydrogen (secondary N) is 2. The summed E-state index contributed by atoms with van der Waals surface area (Å²) in [5.74, 6) is 2.24. The molecule has 2 unspecified atom stereocenters. The third-order valence-electron chi connectivity index (χ3n) is 5.92. The molecule has 1 fully saturated rings. The van der Waals surface area contributed by atoms with Crippen LogP contribution in [0.4, 0.5) is 5.69 Å². The van der Waals surface area contributed by atoms with E-state index in [-0.39, 0.29) is 11.8 Å². The minimum atomic E-state index is -1.03. The summed E-state index contributed by atoms with van der Waals surface area (Å²) >= 11 is 0. The van der Waals surface area contributed by atoms with Gasteiger partial charge in [0.25, 0.3) is 5.91 Å². The molecule has 1 aromatic heterocycles. The zero-order valence-corrected chi connectivity index (χ0v) is 17.3. The van der Waals surface area contributed by atoms with E-state index in [0.717, 1.165) is 37.1 Å². The SMILES string of the molecule is C#Cc1ccc(CCCCNc2cccc3c2CN(C2CCC(=O)NC2O)C3=O)cn1. The van der Waals surface area contributed by atoms with Crippen molar-refractivity contribution in [1.29, 1.82) is 0 Å². The lowest BCUT2D eigenvalue weighted by Crippen LogP contribution is -2.55. The highest BCUT2D eigenvalue weighted by atomic mass is 16.3. The maximum Gasteiger partial charge on any atom is 0.254 e. The second kappa shape index (κ2) is 9.19. The van der Waals surface area contributed by atoms with Crippen LogP contribution in [0.5, 0.6) is 0 Å². The molecule has 0 bridgehead atoms. The van der Waals surface area contributed by atoms with Crippen molar-refractivity contribution in [1.82, 2.24) is 15.2 Å². The van der Waals surface area contributed by atoms with Gasteiger partial charge in [-0.25, -0.2) is 4.98 Å². The number of carbonyl (C=O) groups excluding carboxylic acids is 2. The number of amides is 2. The molecule has 0 spiro atoms. The number of hydrogen-bond acceptors (Lipinski definition) is 5. The zero-order chi connectivity index (χ0) is 21.8. The molecule has 0 saturated carbocycles. The number of aliphatic hydroxyl groups is 1. The lowest BCUT2D eigenvalue weighted by atomic mass is 10.0. The van der Waals surface area contributed by atoms with E-state index in [4.69, 9.17) is 6.42 Å². The van der Waals surface area contributed by atoms with E-state index >= 15 is 0 Å². The Bertz CT molecular complexity index is 1010. The molecule has 2 aromatic rings. The fourth-order valence-corrected chi connectivity index (χ4v) is 4.22. The highest BCUT2D eigenvalue weighted by Crippen LogP contribution is 2.32. The van der Waals surface area contributed by atoms with E-state index in [2.05, 4.69) is 21.5 Å². The quantitative estimate of drug-likeness (QED) is 0.473. The minimum absolute atomic E-state index is 0.0956. The number of nitrogens with zero attached hydrogens (tertiary/aromatic N) is 2. The van der Waals surface area contributed by atoms with E-state index in [1.165, 1.54) is 5.56 Å². The number of fused-ring (bicyclic) bond motifs is 1. The van der Waals surface area contributed by atoms with Crippen molar-refractivity contribution in [2.45, 2.75) is 50.9 Å². The third-order valence-corrected chi connectivity index (χ3v) is 5.92. The molecule has 0 aliphatic carbocycles. The Morgan fingerprint density at radius 2 is 2.13 bits per heavy atom. The molecule has 1 aromatic carbocycles. The van der Waals surface area contributed by atoms with Crippen LogP contribution in [-0.2, 0) is 17.8 Å². The summed E-state index contributed by atoms with van der Waals surface area (Å²) < 4.78 is 0. The van der Waals surface area contributed by atoms with Crippen molar-refractivity contribution in [3.63, 3.8) is 0 Å². The standard InChI is InChI=1S/C24H26N4O3/c1-2-17-10-9-16(14-26-17)6-3-4-13-25-20-8-5-7-18-19(20)15-28(24(18)31)21-11-12-22(29)27-23(21)30/h1,5,7-10,14,21,23,25,30H,3-4,6,11-13,15H2,(H,27,29). The molecule has 7 heteroatoms. The lowest BCUT2D eigenvalue weighted by molar-refractivity contribution is -0.129. The van der Waals surface area contributed by atoms with Gasteiger partial charge in [0.1, 0.15) is 11.9 Å². The van der Waals surface area contributed by atoms with Gasteiger partial charge in [-0.3, -0.25) is 9.59 Å². The van der Waals surface area contributed by atoms with Crippen molar-refractivity contribution in [3.8, 4) is 12.3 Å². The molecule has 3 N–H and O–H groups in total. The van der Waals surface area contributed by atoms with Gasteiger partial charge in [0.2, 0.25) is 5.91 Å². The summed E-state index contributed by atoms with van der Waals surface area (Å²) in [6.07, 6.45) is 9.83. The molecule has 160 valence electrons. The molecule has 2 amide bonds. The molecule has 3 heterocycles. The van der Waals surface area contributed by atoms with Gasteiger partial charge >= 0.3 is 0 Å². The lowest BCUT2D eigenvalue weighted by Gasteiger charge is -2.35. The predicted molar refractivity (Wildman–Crippen MR) is 117 cm³/mol. The van der Waals surface area contributed by atoms with Gasteiger partial charge in [-0.2, -0.15) is 0 Å². The molecule has 4 rings (SSSR count). The Hall–Kier alpha value is -3.37. The van der Waals surface area contributed by atoms with Crippen molar-refractivity contribution >= 4 is 17.5 Å². The van der Waals surface area contributed by atoms with E-state index in [9.17, 15) is 14.7 Å². The molecule has 2 atom stereocenters. The number of aromatic nitrogens is 1. The molecule has 2 aliphatic heterocycles. The first-order valence-electron chi connectivity index (χ1n) is 10.6. The summed E-state index contributed by atoms with van der Waals surface area (Å²) in [5, 5.41) is 16.2. The normalized spacial score (nSPS) is 20.2. The van der Waals surface area contributed by atoms with E-state index in [1.807, 2.05) is 36.5 Å². The van der Waals surface area contributed by atoms with Crippen LogP contribution < -0.4 is 10.6 Å². The van der Waals surface area contributed by atoms with Gasteiger partial charge in [0.15, 0.2) is 0 Å². The number of piperidine rings is 1. The largest absolute Gasteiger partial charge is 0.385 e. The molecule has 2 aliphatic rings. The van der Waals surface area contributed by atoms with Crippen LogP contribution in [0.3, 0.4) is 0 Å². The van der Waals surface area contributed by atoms with Gasteiger partial charge < -0.3 is 20.6 Å².